The highest BCUT2D eigenvalue weighted by molar-refractivity contribution is 7.85. The van der Waals surface area contributed by atoms with Gasteiger partial charge in [-0.05, 0) is 49.1 Å². The van der Waals surface area contributed by atoms with E-state index in [4.69, 9.17) is 5.14 Å². The van der Waals surface area contributed by atoms with Crippen LogP contribution < -0.4 is 10.0 Å². The van der Waals surface area contributed by atoms with Crippen molar-refractivity contribution in [3.05, 3.63) is 59.4 Å². The van der Waals surface area contributed by atoms with Crippen LogP contribution in [0.3, 0.4) is 0 Å². The van der Waals surface area contributed by atoms with E-state index in [0.717, 1.165) is 11.3 Å². The molecule has 0 saturated heterocycles. The smallest absolute Gasteiger partial charge is 0.232 e. The summed E-state index contributed by atoms with van der Waals surface area (Å²) in [6.45, 7) is 1.75. The van der Waals surface area contributed by atoms with E-state index < -0.39 is 11.0 Å². The Morgan fingerprint density at radius 1 is 1.25 bits per heavy atom. The van der Waals surface area contributed by atoms with Crippen molar-refractivity contribution in [1.82, 2.24) is 9.97 Å². The number of carbonyl (C=O) groups is 1. The number of hydrogen-bond acceptors (Lipinski definition) is 5. The molecule has 3 aromatic rings. The van der Waals surface area contributed by atoms with Gasteiger partial charge in [-0.3, -0.25) is 14.7 Å². The summed E-state index contributed by atoms with van der Waals surface area (Å²) >= 11 is 1.21. The summed E-state index contributed by atoms with van der Waals surface area (Å²) in [4.78, 5) is 23.4. The molecule has 144 valence electrons. The number of carbonyl (C=O) groups excluding carboxylic acids is 1. The maximum atomic E-state index is 13.0. The van der Waals surface area contributed by atoms with Crippen molar-refractivity contribution in [3.8, 4) is 11.3 Å². The highest BCUT2D eigenvalue weighted by atomic mass is 32.2. The summed E-state index contributed by atoms with van der Waals surface area (Å²) in [5, 5.41) is 6.01. The molecule has 1 aliphatic rings. The van der Waals surface area contributed by atoms with Gasteiger partial charge in [0.05, 0.1) is 11.4 Å². The molecule has 0 aliphatic heterocycles. The van der Waals surface area contributed by atoms with Crippen LogP contribution in [-0.4, -0.2) is 27.1 Å². The molecule has 1 amide bonds. The molecule has 1 aromatic carbocycles. The van der Waals surface area contributed by atoms with Crippen molar-refractivity contribution in [2.24, 2.45) is 11.1 Å². The molecule has 28 heavy (non-hydrogen) atoms. The standard InChI is InChI=1S/C20H20N4O2S2/c1-12-19(28(21)26)27-20(23-12)24(2)18(25)16-9-13-6-7-14(10-15(13)11-16)17-5-3-4-8-22-17/h3-8,10,16H,9,11,21H2,1-2H3/t16-,28?/m1/s1. The van der Waals surface area contributed by atoms with E-state index in [2.05, 4.69) is 28.2 Å². The van der Waals surface area contributed by atoms with Gasteiger partial charge in [-0.2, -0.15) is 0 Å². The van der Waals surface area contributed by atoms with Crippen molar-refractivity contribution < 1.29 is 9.00 Å². The molecule has 1 aliphatic carbocycles. The summed E-state index contributed by atoms with van der Waals surface area (Å²) in [7, 11) is 0.122. The van der Waals surface area contributed by atoms with Crippen molar-refractivity contribution in [3.63, 3.8) is 0 Å². The Labute approximate surface area is 170 Å². The fourth-order valence-electron chi connectivity index (χ4n) is 3.55. The van der Waals surface area contributed by atoms with Gasteiger partial charge in [-0.15, -0.1) is 0 Å². The second-order valence-corrected chi connectivity index (χ2v) is 9.11. The van der Waals surface area contributed by atoms with E-state index in [1.807, 2.05) is 18.2 Å². The number of nitrogens with two attached hydrogens (primary N) is 1. The van der Waals surface area contributed by atoms with E-state index in [1.54, 1.807) is 25.1 Å². The quantitative estimate of drug-likeness (QED) is 0.714. The number of fused-ring (bicyclic) bond motifs is 1. The van der Waals surface area contributed by atoms with Gasteiger partial charge in [0.1, 0.15) is 15.2 Å². The van der Waals surface area contributed by atoms with Gasteiger partial charge in [0, 0.05) is 24.7 Å². The Hall–Kier alpha value is -2.42. The Morgan fingerprint density at radius 2 is 2.04 bits per heavy atom. The van der Waals surface area contributed by atoms with Gasteiger partial charge in [0.15, 0.2) is 5.13 Å². The average molecular weight is 413 g/mol. The molecule has 2 heterocycles. The maximum absolute atomic E-state index is 13.0. The third-order valence-corrected chi connectivity index (χ3v) is 7.42. The Morgan fingerprint density at radius 3 is 2.71 bits per heavy atom. The second-order valence-electron chi connectivity index (χ2n) is 6.87. The van der Waals surface area contributed by atoms with Crippen molar-refractivity contribution in [2.75, 3.05) is 11.9 Å². The molecule has 4 rings (SSSR count). The molecule has 2 N–H and O–H groups in total. The first-order chi connectivity index (χ1) is 13.4. The van der Waals surface area contributed by atoms with E-state index in [9.17, 15) is 9.00 Å². The van der Waals surface area contributed by atoms with Gasteiger partial charge in [-0.25, -0.2) is 14.3 Å². The van der Waals surface area contributed by atoms with Crippen molar-refractivity contribution >= 4 is 33.4 Å². The zero-order valence-corrected chi connectivity index (χ0v) is 17.2. The molecule has 1 unspecified atom stereocenters. The minimum atomic E-state index is -1.59. The third kappa shape index (κ3) is 3.50. The van der Waals surface area contributed by atoms with Crippen molar-refractivity contribution in [1.29, 1.82) is 0 Å². The minimum Gasteiger partial charge on any atom is -0.291 e. The number of nitrogens with zero attached hydrogens (tertiary/aromatic N) is 3. The third-order valence-electron chi connectivity index (χ3n) is 4.99. The fourth-order valence-corrected chi connectivity index (χ4v) is 5.21. The summed E-state index contributed by atoms with van der Waals surface area (Å²) < 4.78 is 12.1. The molecule has 0 saturated carbocycles. The Bertz CT molecular complexity index is 1070. The van der Waals surface area contributed by atoms with Crippen LogP contribution in [0, 0.1) is 12.8 Å². The number of pyridine rings is 1. The van der Waals surface area contributed by atoms with Crippen LogP contribution in [0.2, 0.25) is 0 Å². The molecule has 0 spiro atoms. The lowest BCUT2D eigenvalue weighted by Gasteiger charge is -2.18. The van der Waals surface area contributed by atoms with Crippen LogP contribution in [0.1, 0.15) is 16.8 Å². The lowest BCUT2D eigenvalue weighted by Crippen LogP contribution is -2.33. The maximum Gasteiger partial charge on any atom is 0.232 e. The predicted molar refractivity (Wildman–Crippen MR) is 111 cm³/mol. The molecule has 6 nitrogen and oxygen atoms in total. The summed E-state index contributed by atoms with van der Waals surface area (Å²) in [6, 6.07) is 12.1. The Kier molecular flexibility index (Phi) is 5.09. The summed E-state index contributed by atoms with van der Waals surface area (Å²) in [6.07, 6.45) is 3.18. The number of aromatic nitrogens is 2. The number of amides is 1. The predicted octanol–water partition coefficient (Wildman–Crippen LogP) is 2.87. The lowest BCUT2D eigenvalue weighted by atomic mass is 10.0. The SMILES string of the molecule is Cc1nc(N(C)C(=O)[C@@H]2Cc3ccc(-c4ccccn4)cc3C2)sc1S(N)=O. The zero-order valence-electron chi connectivity index (χ0n) is 15.6. The highest BCUT2D eigenvalue weighted by Crippen LogP contribution is 2.33. The molecule has 0 fully saturated rings. The monoisotopic (exact) mass is 412 g/mol. The van der Waals surface area contributed by atoms with Crippen LogP contribution in [-0.2, 0) is 28.6 Å². The van der Waals surface area contributed by atoms with Crippen LogP contribution >= 0.6 is 11.3 Å². The Balaban J connectivity index is 1.53. The molecule has 2 aromatic heterocycles. The first-order valence-electron chi connectivity index (χ1n) is 8.88. The van der Waals surface area contributed by atoms with Gasteiger partial charge in [-0.1, -0.05) is 29.5 Å². The van der Waals surface area contributed by atoms with Gasteiger partial charge < -0.3 is 0 Å². The molecule has 2 atom stereocenters. The first-order valence-corrected chi connectivity index (χ1v) is 10.9. The topological polar surface area (TPSA) is 89.2 Å². The molecular formula is C20H20N4O2S2. The number of anilines is 1. The van der Waals surface area contributed by atoms with Crippen LogP contribution in [0.15, 0.2) is 46.8 Å². The number of thiazole rings is 1. The number of rotatable bonds is 4. The van der Waals surface area contributed by atoms with Gasteiger partial charge >= 0.3 is 0 Å². The van der Waals surface area contributed by atoms with E-state index in [1.165, 1.54) is 22.5 Å². The average Bonchev–Trinajstić information content (AvgIpc) is 3.30. The van der Waals surface area contributed by atoms with E-state index >= 15 is 0 Å². The van der Waals surface area contributed by atoms with Gasteiger partial charge in [0.25, 0.3) is 0 Å². The van der Waals surface area contributed by atoms with Crippen molar-refractivity contribution in [2.45, 2.75) is 24.0 Å². The molecular weight excluding hydrogens is 392 g/mol. The van der Waals surface area contributed by atoms with Crippen LogP contribution in [0.25, 0.3) is 11.3 Å². The minimum absolute atomic E-state index is 0.0127. The molecule has 0 bridgehead atoms. The lowest BCUT2D eigenvalue weighted by molar-refractivity contribution is -0.121. The zero-order chi connectivity index (χ0) is 19.8. The second kappa shape index (κ2) is 7.54. The van der Waals surface area contributed by atoms with Crippen LogP contribution in [0.4, 0.5) is 5.13 Å². The molecule has 0 radical (unpaired) electrons. The first kappa shape index (κ1) is 18.9. The number of benzene rings is 1. The normalized spacial score (nSPS) is 16.6. The van der Waals surface area contributed by atoms with E-state index in [-0.39, 0.29) is 11.8 Å². The molecule has 8 heteroatoms. The van der Waals surface area contributed by atoms with Gasteiger partial charge in [0.2, 0.25) is 5.91 Å². The van der Waals surface area contributed by atoms with E-state index in [0.29, 0.717) is 27.9 Å². The summed E-state index contributed by atoms with van der Waals surface area (Å²) in [5.74, 6) is -0.117. The summed E-state index contributed by atoms with van der Waals surface area (Å²) in [5.41, 5.74) is 4.99. The highest BCUT2D eigenvalue weighted by Gasteiger charge is 2.31. The number of aryl methyl sites for hydroxylation is 1. The largest absolute Gasteiger partial charge is 0.291 e. The fraction of sp³-hybridized carbons (Fsp3) is 0.250. The number of hydrogen-bond donors (Lipinski definition) is 1. The van der Waals surface area contributed by atoms with Crippen LogP contribution in [0.5, 0.6) is 0 Å².